The molecule has 2 aliphatic heterocycles. The first-order valence-electron chi connectivity index (χ1n) is 10.5. The number of pyridine rings is 1. The molecule has 0 atom stereocenters. The molecule has 10 heteroatoms. The van der Waals surface area contributed by atoms with Gasteiger partial charge in [0.1, 0.15) is 12.1 Å². The minimum Gasteiger partial charge on any atom is -0.380 e. The third-order valence-electron chi connectivity index (χ3n) is 6.75. The molecule has 0 bridgehead atoms. The first-order chi connectivity index (χ1) is 15.5. The van der Waals surface area contributed by atoms with Crippen LogP contribution in [0.25, 0.3) is 0 Å². The van der Waals surface area contributed by atoms with Crippen molar-refractivity contribution in [1.82, 2.24) is 9.88 Å². The lowest BCUT2D eigenvalue weighted by atomic mass is 9.54. The molecule has 1 aromatic carbocycles. The van der Waals surface area contributed by atoms with Crippen molar-refractivity contribution in [3.63, 3.8) is 0 Å². The zero-order valence-electron chi connectivity index (χ0n) is 17.8. The monoisotopic (exact) mass is 479 g/mol. The summed E-state index contributed by atoms with van der Waals surface area (Å²) in [6.45, 7) is 1.52. The molecule has 0 unspecified atom stereocenters. The van der Waals surface area contributed by atoms with Crippen molar-refractivity contribution in [2.75, 3.05) is 24.7 Å². The fourth-order valence-corrected chi connectivity index (χ4v) is 5.27. The van der Waals surface area contributed by atoms with E-state index in [-0.39, 0.29) is 40.8 Å². The second-order valence-corrected chi connectivity index (χ2v) is 9.73. The Kier molecular flexibility index (Phi) is 4.99. The Labute approximate surface area is 193 Å². The molecular formula is C23H21ClF3N3O3. The molecule has 2 spiro atoms. The number of hydrogen-bond donors (Lipinski definition) is 0. The van der Waals surface area contributed by atoms with Crippen molar-refractivity contribution in [2.45, 2.75) is 37.8 Å². The average molecular weight is 480 g/mol. The zero-order chi connectivity index (χ0) is 23.6. The number of amides is 2. The number of nitrogens with zero attached hydrogens (tertiary/aromatic N) is 3. The van der Waals surface area contributed by atoms with Crippen LogP contribution in [-0.4, -0.2) is 47.0 Å². The van der Waals surface area contributed by atoms with Crippen LogP contribution in [0.4, 0.5) is 19.0 Å². The summed E-state index contributed by atoms with van der Waals surface area (Å²) in [4.78, 5) is 33.5. The Morgan fingerprint density at radius 3 is 2.39 bits per heavy atom. The maximum absolute atomic E-state index is 14.6. The number of ether oxygens (including phenoxy) is 1. The van der Waals surface area contributed by atoms with Gasteiger partial charge in [-0.3, -0.25) is 14.5 Å². The average Bonchev–Trinajstić information content (AvgIpc) is 2.68. The normalized spacial score (nSPS) is 21.4. The number of benzene rings is 1. The van der Waals surface area contributed by atoms with Crippen LogP contribution in [0.5, 0.6) is 0 Å². The van der Waals surface area contributed by atoms with Crippen LogP contribution in [0.15, 0.2) is 36.5 Å². The van der Waals surface area contributed by atoms with Crippen LogP contribution in [0, 0.1) is 11.2 Å². The molecule has 6 nitrogen and oxygen atoms in total. The van der Waals surface area contributed by atoms with Crippen LogP contribution in [0.1, 0.15) is 30.9 Å². The van der Waals surface area contributed by atoms with E-state index in [0.717, 1.165) is 17.9 Å². The number of carbonyl (C=O) groups is 2. The number of carbonyl (C=O) groups excluding carboxylic acids is 2. The van der Waals surface area contributed by atoms with E-state index in [1.807, 2.05) is 0 Å². The van der Waals surface area contributed by atoms with Gasteiger partial charge in [0, 0.05) is 30.6 Å². The summed E-state index contributed by atoms with van der Waals surface area (Å²) in [7, 11) is 0. The second kappa shape index (κ2) is 7.43. The minimum absolute atomic E-state index is 0.0821. The smallest absolute Gasteiger partial charge is 0.270 e. The summed E-state index contributed by atoms with van der Waals surface area (Å²) in [6, 6.07) is 6.75. The lowest BCUT2D eigenvalue weighted by Gasteiger charge is -2.64. The number of alkyl halides is 2. The third kappa shape index (κ3) is 3.58. The predicted octanol–water partition coefficient (Wildman–Crippen LogP) is 3.91. The summed E-state index contributed by atoms with van der Waals surface area (Å²) >= 11 is 5.79. The number of aromatic nitrogens is 1. The molecule has 1 saturated carbocycles. The van der Waals surface area contributed by atoms with Gasteiger partial charge in [-0.05, 0) is 24.5 Å². The molecule has 3 fully saturated rings. The van der Waals surface area contributed by atoms with Gasteiger partial charge in [-0.15, -0.1) is 0 Å². The highest BCUT2D eigenvalue weighted by Crippen LogP contribution is 2.58. The number of halogens is 4. The maximum atomic E-state index is 14.6. The molecule has 2 amide bonds. The van der Waals surface area contributed by atoms with Crippen LogP contribution >= 0.6 is 11.6 Å². The summed E-state index contributed by atoms with van der Waals surface area (Å²) in [5.41, 5.74) is -0.859. The zero-order valence-corrected chi connectivity index (χ0v) is 18.5. The van der Waals surface area contributed by atoms with Gasteiger partial charge in [-0.1, -0.05) is 35.9 Å². The van der Waals surface area contributed by atoms with Gasteiger partial charge in [0.05, 0.1) is 18.2 Å². The van der Waals surface area contributed by atoms with Crippen molar-refractivity contribution in [1.29, 1.82) is 0 Å². The van der Waals surface area contributed by atoms with Crippen LogP contribution in [0.3, 0.4) is 0 Å². The fourth-order valence-electron chi connectivity index (χ4n) is 5.13. The molecule has 3 aliphatic rings. The molecular weight excluding hydrogens is 459 g/mol. The second-order valence-electron chi connectivity index (χ2n) is 9.29. The van der Waals surface area contributed by atoms with Crippen molar-refractivity contribution in [2.24, 2.45) is 5.41 Å². The standard InChI is InChI=1S/C23H21ClF3N3O3/c1-21(26,27)15-4-2-14(3-5-15)8-30-18(31)9-29(19-17(25)6-16(24)7-28-19)20(32)23(30)10-22(11-23)12-33-13-22/h2-7H,8-13H2,1H3. The van der Waals surface area contributed by atoms with Gasteiger partial charge in [0.2, 0.25) is 5.91 Å². The lowest BCUT2D eigenvalue weighted by Crippen LogP contribution is -2.77. The Morgan fingerprint density at radius 2 is 1.85 bits per heavy atom. The van der Waals surface area contributed by atoms with E-state index in [0.29, 0.717) is 31.6 Å². The van der Waals surface area contributed by atoms with E-state index < -0.39 is 23.2 Å². The van der Waals surface area contributed by atoms with Gasteiger partial charge in [-0.2, -0.15) is 0 Å². The van der Waals surface area contributed by atoms with Crippen LogP contribution < -0.4 is 4.90 Å². The highest BCUT2D eigenvalue weighted by molar-refractivity contribution is 6.30. The predicted molar refractivity (Wildman–Crippen MR) is 113 cm³/mol. The van der Waals surface area contributed by atoms with Gasteiger partial charge in [0.25, 0.3) is 11.8 Å². The van der Waals surface area contributed by atoms with Crippen molar-refractivity contribution in [3.05, 3.63) is 58.5 Å². The third-order valence-corrected chi connectivity index (χ3v) is 6.96. The molecule has 33 heavy (non-hydrogen) atoms. The van der Waals surface area contributed by atoms with E-state index >= 15 is 0 Å². The molecule has 2 saturated heterocycles. The van der Waals surface area contributed by atoms with Gasteiger partial charge < -0.3 is 9.64 Å². The first-order valence-corrected chi connectivity index (χ1v) is 10.9. The van der Waals surface area contributed by atoms with E-state index in [1.165, 1.54) is 35.4 Å². The van der Waals surface area contributed by atoms with E-state index in [4.69, 9.17) is 16.3 Å². The summed E-state index contributed by atoms with van der Waals surface area (Å²) in [6.07, 6.45) is 2.01. The molecule has 0 radical (unpaired) electrons. The summed E-state index contributed by atoms with van der Waals surface area (Å²) < 4.78 is 47.0. The van der Waals surface area contributed by atoms with Crippen LogP contribution in [0.2, 0.25) is 5.02 Å². The van der Waals surface area contributed by atoms with Gasteiger partial charge in [-0.25, -0.2) is 18.2 Å². The van der Waals surface area contributed by atoms with Gasteiger partial charge in [0.15, 0.2) is 11.6 Å². The summed E-state index contributed by atoms with van der Waals surface area (Å²) in [5, 5.41) is 0.0821. The quantitative estimate of drug-likeness (QED) is 0.667. The van der Waals surface area contributed by atoms with E-state index in [2.05, 4.69) is 4.98 Å². The molecule has 3 heterocycles. The highest BCUT2D eigenvalue weighted by atomic mass is 35.5. The van der Waals surface area contributed by atoms with Crippen molar-refractivity contribution < 1.29 is 27.5 Å². The molecule has 5 rings (SSSR count). The van der Waals surface area contributed by atoms with E-state index in [9.17, 15) is 22.8 Å². The van der Waals surface area contributed by atoms with Gasteiger partial charge >= 0.3 is 0 Å². The summed E-state index contributed by atoms with van der Waals surface area (Å²) in [5.74, 6) is -4.78. The molecule has 1 aliphatic carbocycles. The fraction of sp³-hybridized carbons (Fsp3) is 0.435. The highest BCUT2D eigenvalue weighted by Gasteiger charge is 2.68. The van der Waals surface area contributed by atoms with Crippen molar-refractivity contribution >= 4 is 29.2 Å². The SMILES string of the molecule is CC(F)(F)c1ccc(CN2C(=O)CN(c3ncc(Cl)cc3F)C(=O)C23CC2(COC2)C3)cc1. The van der Waals surface area contributed by atoms with Crippen LogP contribution in [-0.2, 0) is 26.8 Å². The Bertz CT molecular complexity index is 1120. The number of rotatable bonds is 4. The Balaban J connectivity index is 1.47. The Hall–Kier alpha value is -2.65. The first kappa shape index (κ1) is 22.2. The topological polar surface area (TPSA) is 62.7 Å². The van der Waals surface area contributed by atoms with E-state index in [1.54, 1.807) is 0 Å². The molecule has 2 aromatic rings. The number of anilines is 1. The number of hydrogen-bond acceptors (Lipinski definition) is 4. The number of piperazine rings is 1. The largest absolute Gasteiger partial charge is 0.380 e. The maximum Gasteiger partial charge on any atom is 0.270 e. The minimum atomic E-state index is -2.97. The Morgan fingerprint density at radius 1 is 1.18 bits per heavy atom. The molecule has 1 aromatic heterocycles. The molecule has 174 valence electrons. The molecule has 0 N–H and O–H groups in total. The lowest BCUT2D eigenvalue weighted by molar-refractivity contribution is -0.221. The van der Waals surface area contributed by atoms with Crippen molar-refractivity contribution in [3.8, 4) is 0 Å².